The molecular formula is C34H31BrN2O6. The van der Waals surface area contributed by atoms with Gasteiger partial charge in [-0.15, -0.1) is 0 Å². The number of aliphatic hydroxyl groups is 1. The lowest BCUT2D eigenvalue weighted by atomic mass is 9.82. The van der Waals surface area contributed by atoms with Crippen molar-refractivity contribution in [2.75, 3.05) is 20.0 Å². The van der Waals surface area contributed by atoms with E-state index in [0.717, 1.165) is 26.7 Å². The number of carbonyl (C=O) groups is 1. The maximum absolute atomic E-state index is 14.4. The molecule has 9 heteroatoms. The highest BCUT2D eigenvalue weighted by molar-refractivity contribution is 9.10. The molecule has 0 radical (unpaired) electrons. The van der Waals surface area contributed by atoms with Gasteiger partial charge in [0.15, 0.2) is 23.1 Å². The molecule has 0 bridgehead atoms. The molecule has 8 nitrogen and oxygen atoms in total. The minimum absolute atomic E-state index is 0.0694. The number of amides is 1. The number of ether oxygens (including phenoxy) is 4. The highest BCUT2D eigenvalue weighted by Crippen LogP contribution is 2.43. The number of aliphatic hydroxyl groups excluding tert-OH is 1. The molecule has 43 heavy (non-hydrogen) atoms. The molecule has 0 saturated heterocycles. The van der Waals surface area contributed by atoms with E-state index < -0.39 is 11.6 Å². The molecule has 4 aromatic rings. The molecule has 1 amide bonds. The molecule has 0 spiro atoms. The number of rotatable bonds is 11. The van der Waals surface area contributed by atoms with E-state index in [1.165, 1.54) is 0 Å². The summed E-state index contributed by atoms with van der Waals surface area (Å²) < 4.78 is 24.2. The topological polar surface area (TPSA) is 98.6 Å². The fourth-order valence-corrected chi connectivity index (χ4v) is 5.65. The SMILES string of the molecule is O=C(NCc1ccc2c(c1)OCO2)[C@]1(Cc2ccccc2Br)N=C(c2ccc(OCCCO)cc2)O[C@@H]1c1ccccc1. The highest BCUT2D eigenvalue weighted by atomic mass is 79.9. The van der Waals surface area contributed by atoms with Gasteiger partial charge in [-0.1, -0.05) is 70.5 Å². The molecule has 0 aliphatic carbocycles. The lowest BCUT2D eigenvalue weighted by Crippen LogP contribution is -2.49. The quantitative estimate of drug-likeness (QED) is 0.202. The van der Waals surface area contributed by atoms with Crippen molar-refractivity contribution >= 4 is 27.7 Å². The average Bonchev–Trinajstić information content (AvgIpc) is 3.67. The minimum atomic E-state index is -1.31. The molecule has 0 fully saturated rings. The molecule has 2 aliphatic heterocycles. The number of hydrogen-bond donors (Lipinski definition) is 2. The van der Waals surface area contributed by atoms with Gasteiger partial charge in [-0.2, -0.15) is 0 Å². The second-order valence-corrected chi connectivity index (χ2v) is 11.2. The molecule has 2 atom stereocenters. The van der Waals surface area contributed by atoms with Crippen LogP contribution in [-0.4, -0.2) is 42.5 Å². The molecule has 0 unspecified atom stereocenters. The Morgan fingerprint density at radius 1 is 0.977 bits per heavy atom. The van der Waals surface area contributed by atoms with Crippen LogP contribution >= 0.6 is 15.9 Å². The third-order valence-electron chi connectivity index (χ3n) is 7.44. The van der Waals surface area contributed by atoms with Crippen molar-refractivity contribution in [1.82, 2.24) is 5.32 Å². The summed E-state index contributed by atoms with van der Waals surface area (Å²) in [7, 11) is 0. The first-order chi connectivity index (χ1) is 21.1. The number of carbonyl (C=O) groups excluding carboxylic acids is 1. The number of nitrogens with zero attached hydrogens (tertiary/aromatic N) is 1. The van der Waals surface area contributed by atoms with Crippen LogP contribution in [0.3, 0.4) is 0 Å². The maximum atomic E-state index is 14.4. The van der Waals surface area contributed by atoms with Crippen molar-refractivity contribution in [2.45, 2.75) is 31.0 Å². The van der Waals surface area contributed by atoms with Gasteiger partial charge in [0.1, 0.15) is 5.75 Å². The van der Waals surface area contributed by atoms with Gasteiger partial charge in [-0.3, -0.25) is 4.79 Å². The van der Waals surface area contributed by atoms with E-state index in [0.29, 0.717) is 42.6 Å². The van der Waals surface area contributed by atoms with Crippen molar-refractivity contribution in [3.63, 3.8) is 0 Å². The third kappa shape index (κ3) is 6.23. The number of hydrogen-bond acceptors (Lipinski definition) is 7. The van der Waals surface area contributed by atoms with Crippen LogP contribution in [-0.2, 0) is 22.5 Å². The lowest BCUT2D eigenvalue weighted by molar-refractivity contribution is -0.129. The Morgan fingerprint density at radius 3 is 2.53 bits per heavy atom. The van der Waals surface area contributed by atoms with E-state index in [9.17, 15) is 4.79 Å². The smallest absolute Gasteiger partial charge is 0.252 e. The Morgan fingerprint density at radius 2 is 1.74 bits per heavy atom. The van der Waals surface area contributed by atoms with Crippen LogP contribution in [0.15, 0.2) is 107 Å². The Bertz CT molecular complexity index is 1610. The van der Waals surface area contributed by atoms with E-state index in [4.69, 9.17) is 29.0 Å². The van der Waals surface area contributed by atoms with Gasteiger partial charge in [0.25, 0.3) is 5.91 Å². The van der Waals surface area contributed by atoms with Crippen LogP contribution < -0.4 is 19.5 Å². The van der Waals surface area contributed by atoms with Gasteiger partial charge in [-0.05, 0) is 59.2 Å². The van der Waals surface area contributed by atoms with Crippen molar-refractivity contribution in [1.29, 1.82) is 0 Å². The Kier molecular flexibility index (Phi) is 8.62. The van der Waals surface area contributed by atoms with Crippen molar-refractivity contribution < 1.29 is 28.8 Å². The number of aliphatic imine (C=N–C) groups is 1. The first kappa shape index (κ1) is 28.8. The maximum Gasteiger partial charge on any atom is 0.252 e. The summed E-state index contributed by atoms with van der Waals surface area (Å²) in [6.45, 7) is 0.949. The summed E-state index contributed by atoms with van der Waals surface area (Å²) in [6.07, 6.45) is 0.162. The fraction of sp³-hybridized carbons (Fsp3) is 0.235. The van der Waals surface area contributed by atoms with Gasteiger partial charge >= 0.3 is 0 Å². The van der Waals surface area contributed by atoms with Crippen molar-refractivity contribution in [2.24, 2.45) is 4.99 Å². The summed E-state index contributed by atoms with van der Waals surface area (Å²) in [5, 5.41) is 12.2. The zero-order chi connectivity index (χ0) is 29.6. The van der Waals surface area contributed by atoms with Crippen LogP contribution in [0.4, 0.5) is 0 Å². The second-order valence-electron chi connectivity index (χ2n) is 10.3. The van der Waals surface area contributed by atoms with Crippen LogP contribution in [0.1, 0.15) is 34.8 Å². The van der Waals surface area contributed by atoms with Gasteiger partial charge in [0, 0.05) is 36.0 Å². The predicted octanol–water partition coefficient (Wildman–Crippen LogP) is 5.76. The Hall–Kier alpha value is -4.34. The van der Waals surface area contributed by atoms with Gasteiger partial charge in [0.2, 0.25) is 12.7 Å². The number of benzene rings is 4. The number of nitrogens with one attached hydrogen (secondary N) is 1. The minimum Gasteiger partial charge on any atom is -0.494 e. The summed E-state index contributed by atoms with van der Waals surface area (Å²) >= 11 is 3.67. The lowest BCUT2D eigenvalue weighted by Gasteiger charge is -2.31. The standard InChI is InChI=1S/C34H31BrN2O6/c35-28-10-5-4-9-26(28)20-34(33(39)36-21-23-11-16-29-30(19-23)42-22-41-29)31(24-7-2-1-3-8-24)43-32(37-34)25-12-14-27(15-13-25)40-18-6-17-38/h1-5,7-16,19,31,38H,6,17-18,20-22H2,(H,36,39)/t31-,34-/m1/s1. The summed E-state index contributed by atoms with van der Waals surface area (Å²) in [6, 6.07) is 30.6. The van der Waals surface area contributed by atoms with E-state index in [1.54, 1.807) is 0 Å². The second kappa shape index (κ2) is 12.9. The first-order valence-electron chi connectivity index (χ1n) is 14.1. The van der Waals surface area contributed by atoms with Gasteiger partial charge in [0.05, 0.1) is 6.61 Å². The summed E-state index contributed by atoms with van der Waals surface area (Å²) in [5.74, 6) is 2.14. The Labute approximate surface area is 258 Å². The van der Waals surface area contributed by atoms with Crippen molar-refractivity contribution in [3.8, 4) is 17.2 Å². The molecule has 220 valence electrons. The van der Waals surface area contributed by atoms with Crippen LogP contribution in [0.2, 0.25) is 0 Å². The van der Waals surface area contributed by atoms with Gasteiger partial charge in [-0.25, -0.2) is 4.99 Å². The highest BCUT2D eigenvalue weighted by Gasteiger charge is 2.53. The largest absolute Gasteiger partial charge is 0.494 e. The van der Waals surface area contributed by atoms with Crippen LogP contribution in [0.5, 0.6) is 17.2 Å². The molecule has 0 saturated carbocycles. The monoisotopic (exact) mass is 642 g/mol. The molecule has 2 N–H and O–H groups in total. The van der Waals surface area contributed by atoms with E-state index >= 15 is 0 Å². The number of fused-ring (bicyclic) bond motifs is 1. The van der Waals surface area contributed by atoms with E-state index in [1.807, 2.05) is 97.1 Å². The number of halogens is 1. The summed E-state index contributed by atoms with van der Waals surface area (Å²) in [4.78, 5) is 19.5. The van der Waals surface area contributed by atoms with Crippen molar-refractivity contribution in [3.05, 3.63) is 124 Å². The fourth-order valence-electron chi connectivity index (χ4n) is 5.23. The molecule has 6 rings (SSSR count). The van der Waals surface area contributed by atoms with Crippen LogP contribution in [0, 0.1) is 0 Å². The normalized spacial score (nSPS) is 18.6. The average molecular weight is 644 g/mol. The zero-order valence-electron chi connectivity index (χ0n) is 23.4. The van der Waals surface area contributed by atoms with E-state index in [2.05, 4.69) is 21.2 Å². The van der Waals surface area contributed by atoms with E-state index in [-0.39, 0.29) is 25.9 Å². The molecule has 2 aliphatic rings. The summed E-state index contributed by atoms with van der Waals surface area (Å²) in [5.41, 5.74) is 2.07. The third-order valence-corrected chi connectivity index (χ3v) is 8.21. The van der Waals surface area contributed by atoms with Gasteiger partial charge < -0.3 is 29.4 Å². The van der Waals surface area contributed by atoms with Crippen LogP contribution in [0.25, 0.3) is 0 Å². The molecular weight excluding hydrogens is 612 g/mol. The molecule has 4 aromatic carbocycles. The first-order valence-corrected chi connectivity index (χ1v) is 14.9. The Balaban J connectivity index is 1.37. The zero-order valence-corrected chi connectivity index (χ0v) is 25.0. The molecule has 2 heterocycles. The predicted molar refractivity (Wildman–Crippen MR) is 165 cm³/mol. The molecule has 0 aromatic heterocycles.